The summed E-state index contributed by atoms with van der Waals surface area (Å²) in [7, 11) is 0. The number of fused-ring (bicyclic) bond motifs is 20. The first kappa shape index (κ1) is 31.7. The molecule has 2 aliphatic rings. The van der Waals surface area contributed by atoms with Gasteiger partial charge < -0.3 is 4.57 Å². The van der Waals surface area contributed by atoms with Gasteiger partial charge in [-0.2, -0.15) is 0 Å². The molecule has 272 valence electrons. The van der Waals surface area contributed by atoms with E-state index in [4.69, 9.17) is 4.98 Å². The van der Waals surface area contributed by atoms with Crippen LogP contribution in [0.4, 0.5) is 0 Å². The van der Waals surface area contributed by atoms with E-state index in [-0.39, 0.29) is 0 Å². The predicted molar refractivity (Wildman–Crippen MR) is 248 cm³/mol. The van der Waals surface area contributed by atoms with Crippen molar-refractivity contribution in [2.24, 2.45) is 0 Å². The van der Waals surface area contributed by atoms with Crippen LogP contribution in [-0.4, -0.2) is 9.55 Å². The maximum Gasteiger partial charge on any atom is 0.0789 e. The lowest BCUT2D eigenvalue weighted by Gasteiger charge is -2.30. The number of thiophene rings is 1. The van der Waals surface area contributed by atoms with Crippen molar-refractivity contribution in [2.75, 3.05) is 0 Å². The van der Waals surface area contributed by atoms with Gasteiger partial charge in [0.2, 0.25) is 0 Å². The highest BCUT2D eigenvalue weighted by molar-refractivity contribution is 7.25. The lowest BCUT2D eigenvalue weighted by Crippen LogP contribution is -2.25. The van der Waals surface area contributed by atoms with Crippen molar-refractivity contribution in [1.82, 2.24) is 9.55 Å². The molecule has 3 heterocycles. The molecule has 0 saturated heterocycles. The zero-order chi connectivity index (χ0) is 38.4. The second kappa shape index (κ2) is 11.4. The molecular formula is C56H32N2S. The Balaban J connectivity index is 1.05. The van der Waals surface area contributed by atoms with Crippen LogP contribution < -0.4 is 0 Å². The predicted octanol–water partition coefficient (Wildman–Crippen LogP) is 14.9. The number of hydrogen-bond donors (Lipinski definition) is 0. The van der Waals surface area contributed by atoms with Crippen LogP contribution in [0.25, 0.3) is 103 Å². The Morgan fingerprint density at radius 2 is 1.07 bits per heavy atom. The van der Waals surface area contributed by atoms with Gasteiger partial charge in [0.25, 0.3) is 0 Å². The molecule has 0 atom stereocenters. The third-order valence-electron chi connectivity index (χ3n) is 13.4. The largest absolute Gasteiger partial charge is 0.309 e. The molecule has 2 aliphatic carbocycles. The fourth-order valence-electron chi connectivity index (χ4n) is 11.1. The molecule has 0 radical (unpaired) electrons. The monoisotopic (exact) mass is 764 g/mol. The summed E-state index contributed by atoms with van der Waals surface area (Å²) in [5.74, 6) is 0. The molecule has 2 nitrogen and oxygen atoms in total. The van der Waals surface area contributed by atoms with Gasteiger partial charge in [-0.05, 0) is 87.0 Å². The number of hydrogen-bond acceptors (Lipinski definition) is 2. The highest BCUT2D eigenvalue weighted by Gasteiger charge is 2.52. The molecule has 0 saturated carbocycles. The van der Waals surface area contributed by atoms with Crippen molar-refractivity contribution >= 4 is 75.0 Å². The van der Waals surface area contributed by atoms with E-state index < -0.39 is 5.41 Å². The number of aromatic nitrogens is 2. The Morgan fingerprint density at radius 1 is 0.407 bits per heavy atom. The van der Waals surface area contributed by atoms with E-state index in [1.54, 1.807) is 0 Å². The maximum absolute atomic E-state index is 5.52. The average Bonchev–Trinajstić information content (AvgIpc) is 4.01. The number of rotatable bonds is 2. The fourth-order valence-corrected chi connectivity index (χ4v) is 12.2. The summed E-state index contributed by atoms with van der Waals surface area (Å²) in [6.45, 7) is 0. The molecule has 0 unspecified atom stereocenters. The van der Waals surface area contributed by atoms with E-state index in [0.717, 1.165) is 22.5 Å². The van der Waals surface area contributed by atoms with Crippen LogP contribution in [0.15, 0.2) is 194 Å². The van der Waals surface area contributed by atoms with Gasteiger partial charge in [-0.25, -0.2) is 4.98 Å². The van der Waals surface area contributed by atoms with Crippen molar-refractivity contribution in [2.45, 2.75) is 5.41 Å². The summed E-state index contributed by atoms with van der Waals surface area (Å²) in [4.78, 5) is 5.52. The van der Waals surface area contributed by atoms with Crippen molar-refractivity contribution in [3.8, 4) is 39.2 Å². The Morgan fingerprint density at radius 3 is 1.88 bits per heavy atom. The second-order valence-corrected chi connectivity index (χ2v) is 17.2. The minimum Gasteiger partial charge on any atom is -0.309 e. The average molecular weight is 765 g/mol. The van der Waals surface area contributed by atoms with Crippen molar-refractivity contribution in [3.05, 3.63) is 216 Å². The summed E-state index contributed by atoms with van der Waals surface area (Å²) in [6.07, 6.45) is 0. The maximum atomic E-state index is 5.52. The molecule has 1 spiro atoms. The van der Waals surface area contributed by atoms with Gasteiger partial charge in [0.15, 0.2) is 0 Å². The molecule has 12 aromatic rings. The summed E-state index contributed by atoms with van der Waals surface area (Å²) in [5.41, 5.74) is 16.9. The van der Waals surface area contributed by atoms with Crippen LogP contribution in [0.3, 0.4) is 0 Å². The van der Waals surface area contributed by atoms with E-state index in [2.05, 4.69) is 199 Å². The molecule has 9 aromatic carbocycles. The highest BCUT2D eigenvalue weighted by Crippen LogP contribution is 2.64. The number of nitrogens with zero attached hydrogens (tertiary/aromatic N) is 2. The van der Waals surface area contributed by atoms with Gasteiger partial charge in [0.1, 0.15) is 0 Å². The van der Waals surface area contributed by atoms with Gasteiger partial charge >= 0.3 is 0 Å². The van der Waals surface area contributed by atoms with E-state index >= 15 is 0 Å². The van der Waals surface area contributed by atoms with Crippen LogP contribution in [0.1, 0.15) is 22.3 Å². The number of pyridine rings is 1. The zero-order valence-corrected chi connectivity index (χ0v) is 32.6. The Hall–Kier alpha value is -7.33. The zero-order valence-electron chi connectivity index (χ0n) is 31.8. The standard InChI is InChI=1S/C56H32N2S/c1-7-22-44-35(16-1)36-17-2-8-23-45(36)56(44)46-24-9-3-20-39(46)54-47(56)29-28-41-53(54)40-21-4-10-25-48(40)57-55(41)33-14-13-15-34(30-33)58-49-26-11-5-18-37(49)42-31-43-38-19-6-12-27-51(38)59-52(43)32-50(42)58/h1-32H. The van der Waals surface area contributed by atoms with Crippen molar-refractivity contribution in [3.63, 3.8) is 0 Å². The smallest absolute Gasteiger partial charge is 0.0789 e. The lowest BCUT2D eigenvalue weighted by molar-refractivity contribution is 0.794. The molecule has 3 aromatic heterocycles. The van der Waals surface area contributed by atoms with Crippen molar-refractivity contribution in [1.29, 1.82) is 0 Å². The van der Waals surface area contributed by atoms with Crippen LogP contribution in [-0.2, 0) is 5.41 Å². The summed E-state index contributed by atoms with van der Waals surface area (Å²) >= 11 is 1.87. The van der Waals surface area contributed by atoms with E-state index in [9.17, 15) is 0 Å². The molecule has 59 heavy (non-hydrogen) atoms. The third kappa shape index (κ3) is 3.98. The minimum atomic E-state index is -0.409. The SMILES string of the molecule is c1cc(-c2nc3ccccc3c3c4c(ccc23)C2(c3ccccc3-c3ccccc32)c2ccccc2-4)cc(-n2c3ccccc3c3cc4c(cc32)sc2ccccc24)c1. The highest BCUT2D eigenvalue weighted by atomic mass is 32.1. The van der Waals surface area contributed by atoms with Gasteiger partial charge in [-0.3, -0.25) is 0 Å². The van der Waals surface area contributed by atoms with Gasteiger partial charge in [-0.1, -0.05) is 152 Å². The molecule has 3 heteroatoms. The summed E-state index contributed by atoms with van der Waals surface area (Å²) in [5, 5.41) is 8.79. The van der Waals surface area contributed by atoms with Gasteiger partial charge in [-0.15, -0.1) is 11.3 Å². The molecule has 0 aliphatic heterocycles. The van der Waals surface area contributed by atoms with Crippen LogP contribution in [0.5, 0.6) is 0 Å². The van der Waals surface area contributed by atoms with Crippen molar-refractivity contribution < 1.29 is 0 Å². The van der Waals surface area contributed by atoms with E-state index in [1.165, 1.54) is 103 Å². The molecule has 14 rings (SSSR count). The van der Waals surface area contributed by atoms with Gasteiger partial charge in [0, 0.05) is 58.4 Å². The van der Waals surface area contributed by atoms with Crippen LogP contribution in [0.2, 0.25) is 0 Å². The van der Waals surface area contributed by atoms with Crippen LogP contribution >= 0.6 is 11.3 Å². The van der Waals surface area contributed by atoms with Crippen LogP contribution in [0, 0.1) is 0 Å². The Kier molecular flexibility index (Phi) is 6.13. The minimum absolute atomic E-state index is 0.409. The Bertz CT molecular complexity index is 3760. The quantitative estimate of drug-likeness (QED) is 0.160. The fraction of sp³-hybridized carbons (Fsp3) is 0.0179. The number of para-hydroxylation sites is 2. The first-order valence-corrected chi connectivity index (χ1v) is 21.2. The van der Waals surface area contributed by atoms with E-state index in [0.29, 0.717) is 0 Å². The molecule has 0 N–H and O–H groups in total. The third-order valence-corrected chi connectivity index (χ3v) is 14.5. The first-order valence-electron chi connectivity index (χ1n) is 20.4. The molecule has 0 fully saturated rings. The molecule has 0 bridgehead atoms. The molecule has 0 amide bonds. The normalized spacial score (nSPS) is 13.6. The van der Waals surface area contributed by atoms with Gasteiger partial charge in [0.05, 0.1) is 27.7 Å². The Labute approximate surface area is 343 Å². The first-order chi connectivity index (χ1) is 29.3. The number of benzene rings is 9. The molecular weight excluding hydrogens is 733 g/mol. The summed E-state index contributed by atoms with van der Waals surface area (Å²) in [6, 6.07) is 72.2. The van der Waals surface area contributed by atoms with E-state index in [1.807, 2.05) is 11.3 Å². The second-order valence-electron chi connectivity index (χ2n) is 16.1. The summed E-state index contributed by atoms with van der Waals surface area (Å²) < 4.78 is 5.08. The topological polar surface area (TPSA) is 17.8 Å². The lowest BCUT2D eigenvalue weighted by atomic mass is 9.70.